The molecule has 0 unspecified atom stereocenters. The highest BCUT2D eigenvalue weighted by molar-refractivity contribution is 6.09. The third kappa shape index (κ3) is 24.3. The molecular weight excluding hydrogens is 1350 g/mol. The predicted molar refractivity (Wildman–Crippen MR) is 352 cm³/mol. The van der Waals surface area contributed by atoms with Gasteiger partial charge in [-0.15, -0.1) is 0 Å². The lowest BCUT2D eigenvalue weighted by molar-refractivity contribution is -0.344. The van der Waals surface area contributed by atoms with Crippen molar-refractivity contribution in [1.82, 2.24) is 41.8 Å². The van der Waals surface area contributed by atoms with Gasteiger partial charge >= 0.3 is 18.1 Å². The van der Waals surface area contributed by atoms with Gasteiger partial charge in [0, 0.05) is 47.7 Å². The Balaban J connectivity index is 0.00000249. The van der Waals surface area contributed by atoms with E-state index in [0.29, 0.717) is 25.7 Å². The van der Waals surface area contributed by atoms with Gasteiger partial charge in [-0.25, -0.2) is 22.5 Å². The molecule has 2 saturated heterocycles. The van der Waals surface area contributed by atoms with Gasteiger partial charge in [0.2, 0.25) is 53.9 Å². The van der Waals surface area contributed by atoms with Crippen LogP contribution >= 0.6 is 0 Å². The molecule has 0 spiro atoms. The average molecular weight is 1440 g/mol. The van der Waals surface area contributed by atoms with Crippen LogP contribution in [0.25, 0.3) is 33.4 Å². The normalized spacial score (nSPS) is 16.2. The lowest BCUT2D eigenvalue weighted by Crippen LogP contribution is -2.59. The molecule has 3 heterocycles. The summed E-state index contributed by atoms with van der Waals surface area (Å²) in [7, 11) is 0. The van der Waals surface area contributed by atoms with Crippen molar-refractivity contribution in [3.63, 3.8) is 0 Å². The second-order valence-electron chi connectivity index (χ2n) is 27.8. The molecule has 4 aliphatic rings. The van der Waals surface area contributed by atoms with E-state index in [1.54, 1.807) is 27.7 Å². The zero-order valence-corrected chi connectivity index (χ0v) is 58.2. The molecule has 10 N–H and O–H groups in total. The molecule has 32 heteroatoms. The van der Waals surface area contributed by atoms with Gasteiger partial charge in [-0.1, -0.05) is 82.1 Å². The van der Waals surface area contributed by atoms with Crippen LogP contribution in [-0.2, 0) is 33.6 Å². The number of amides is 7. The number of anilines is 1. The maximum atomic E-state index is 15.9. The van der Waals surface area contributed by atoms with Gasteiger partial charge in [0.1, 0.15) is 41.3 Å². The fourth-order valence-electron chi connectivity index (χ4n) is 11.5. The smallest absolute Gasteiger partial charge is 0.430 e. The number of alkyl halides is 7. The Morgan fingerprint density at radius 3 is 1.62 bits per heavy atom. The van der Waals surface area contributed by atoms with E-state index in [1.807, 2.05) is 41.5 Å². The molecule has 7 amide bonds. The first-order chi connectivity index (χ1) is 46.9. The summed E-state index contributed by atoms with van der Waals surface area (Å²) >= 11 is 0. The molecule has 1 aliphatic carbocycles. The number of aliphatic hydroxyl groups is 2. The molecule has 560 valence electrons. The number of carboxylic acid groups (broad SMARTS) is 2. The summed E-state index contributed by atoms with van der Waals surface area (Å²) in [6, 6.07) is 2.89. The molecule has 6 rings (SSSR count). The van der Waals surface area contributed by atoms with Gasteiger partial charge in [0.25, 0.3) is 11.8 Å². The number of aliphatic carboxylic acids is 1. The third-order valence-corrected chi connectivity index (χ3v) is 16.7. The van der Waals surface area contributed by atoms with Crippen molar-refractivity contribution >= 4 is 69.9 Å². The summed E-state index contributed by atoms with van der Waals surface area (Å²) in [5.74, 6) is -17.4. The molecule has 3 aliphatic heterocycles. The number of nitrogens with zero attached hydrogens (tertiary/aromatic N) is 2. The van der Waals surface area contributed by atoms with Crippen LogP contribution in [0.1, 0.15) is 155 Å². The first-order valence-electron chi connectivity index (χ1n) is 33.4. The summed E-state index contributed by atoms with van der Waals surface area (Å²) in [4.78, 5) is 116. The second kappa shape index (κ2) is 35.9. The van der Waals surface area contributed by atoms with Gasteiger partial charge in [0.05, 0.1) is 67.5 Å². The van der Waals surface area contributed by atoms with E-state index in [-0.39, 0.29) is 124 Å². The molecule has 0 aromatic heterocycles. The number of carboxylic acids is 2. The number of benzene rings is 3. The van der Waals surface area contributed by atoms with Crippen molar-refractivity contribution < 1.29 is 108 Å². The first kappa shape index (κ1) is 83.1. The summed E-state index contributed by atoms with van der Waals surface area (Å²) in [6.45, 7) is 16.9. The maximum Gasteiger partial charge on any atom is 0.430 e. The first-order valence-corrected chi connectivity index (χ1v) is 33.4. The Kier molecular flexibility index (Phi) is 29.5. The topological polar surface area (TPSA) is 341 Å². The minimum absolute atomic E-state index is 0.0317. The van der Waals surface area contributed by atoms with Crippen LogP contribution in [0.4, 0.5) is 45.2 Å². The Labute approximate surface area is 578 Å². The number of aliphatic hydroxyl groups excluding tert-OH is 2. The maximum absolute atomic E-state index is 15.9. The van der Waals surface area contributed by atoms with E-state index in [0.717, 1.165) is 39.8 Å². The highest BCUT2D eigenvalue weighted by atomic mass is 19.4. The van der Waals surface area contributed by atoms with Crippen molar-refractivity contribution in [3.05, 3.63) is 70.6 Å². The minimum atomic E-state index is -5.19. The van der Waals surface area contributed by atoms with Crippen LogP contribution in [0.15, 0.2) is 46.9 Å². The van der Waals surface area contributed by atoms with E-state index in [1.165, 1.54) is 19.1 Å². The van der Waals surface area contributed by atoms with Crippen molar-refractivity contribution in [2.24, 2.45) is 29.6 Å². The molecule has 2 aromatic carbocycles. The van der Waals surface area contributed by atoms with Crippen LogP contribution in [0, 0.1) is 41.2 Å². The Morgan fingerprint density at radius 1 is 0.604 bits per heavy atom. The summed E-state index contributed by atoms with van der Waals surface area (Å²) in [5.41, 5.74) is -1.12. The Morgan fingerprint density at radius 2 is 1.12 bits per heavy atom. The second-order valence-corrected chi connectivity index (χ2v) is 27.8. The number of carbonyl (C=O) groups excluding carboxylic acids is 8. The fraction of sp³-hybridized carbons (Fsp3) is 0.594. The van der Waals surface area contributed by atoms with Crippen LogP contribution in [0.3, 0.4) is 0 Å². The number of fused-ring (bicyclic) bond motifs is 2. The molecule has 0 bridgehead atoms. The molecule has 0 saturated carbocycles. The number of carbonyl (C=O) groups is 9. The SMILES string of the molecule is CC(C)CC(=O)N[C@H](C(=O)N[C@H](C(=O)N[C@@H](CC(C)C)[C@@H](O)CC(=O)N[C@@H](C)C(=O)N[C@@H](CC(C)C)[C@@H](O)CC(=O)NCCCCCCNC(=O)c1ccc(C(=O)O)c(-c2c3cc(F)c(=[N+]4CC(F)(F)C4)cc-3oc3cc(N4CC(F)(F)C4)c(F)cc23)c1)C(C)C)C(C)C.O=C([O-])C(F)(F)F. The van der Waals surface area contributed by atoms with Gasteiger partial charge in [0.15, 0.2) is 5.82 Å². The zero-order chi connectivity index (χ0) is 75.9. The summed E-state index contributed by atoms with van der Waals surface area (Å²) < 4.78 is 126. The Bertz CT molecular complexity index is 3660. The van der Waals surface area contributed by atoms with Gasteiger partial charge in [-0.05, 0) is 98.1 Å². The zero-order valence-electron chi connectivity index (χ0n) is 58.2. The highest BCUT2D eigenvalue weighted by Gasteiger charge is 2.51. The summed E-state index contributed by atoms with van der Waals surface area (Å²) in [6.07, 6.45) is -5.87. The number of hydrogen-bond acceptors (Lipinski definition) is 14. The summed E-state index contributed by atoms with van der Waals surface area (Å²) in [5, 5.41) is 60.6. The average Bonchev–Trinajstić information content (AvgIpc) is 0.727. The Hall–Kier alpha value is -8.55. The molecule has 23 nitrogen and oxygen atoms in total. The van der Waals surface area contributed by atoms with Crippen LogP contribution < -0.4 is 57.2 Å². The van der Waals surface area contributed by atoms with Crippen molar-refractivity contribution in [2.75, 3.05) is 44.2 Å². The van der Waals surface area contributed by atoms with Gasteiger partial charge in [-0.3, -0.25) is 33.6 Å². The van der Waals surface area contributed by atoms with Crippen molar-refractivity contribution in [2.45, 2.75) is 194 Å². The quantitative estimate of drug-likeness (QED) is 0.0111. The molecular formula is C69H92F9N9O14. The highest BCUT2D eigenvalue weighted by Crippen LogP contribution is 2.45. The van der Waals surface area contributed by atoms with E-state index >= 15 is 8.78 Å². The van der Waals surface area contributed by atoms with E-state index in [4.69, 9.17) is 14.3 Å². The number of unbranched alkanes of at least 4 members (excludes halogenated alkanes) is 3. The largest absolute Gasteiger partial charge is 0.542 e. The van der Waals surface area contributed by atoms with E-state index < -0.39 is 158 Å². The molecule has 7 atom stereocenters. The van der Waals surface area contributed by atoms with Crippen molar-refractivity contribution in [3.8, 4) is 22.5 Å². The number of hydrogen-bond donors (Lipinski definition) is 10. The monoisotopic (exact) mass is 1440 g/mol. The van der Waals surface area contributed by atoms with E-state index in [2.05, 4.69) is 37.2 Å². The molecule has 2 fully saturated rings. The number of nitrogens with one attached hydrogen (secondary N) is 7. The van der Waals surface area contributed by atoms with Gasteiger partial charge in [-0.2, -0.15) is 26.3 Å². The van der Waals surface area contributed by atoms with Gasteiger partial charge < -0.3 is 71.8 Å². The molecule has 101 heavy (non-hydrogen) atoms. The lowest BCUT2D eigenvalue weighted by Gasteiger charge is -2.40. The minimum Gasteiger partial charge on any atom is -0.542 e. The molecule has 2 aromatic rings. The fourth-order valence-corrected chi connectivity index (χ4v) is 11.5. The molecule has 0 radical (unpaired) electrons. The predicted octanol–water partition coefficient (Wildman–Crippen LogP) is 6.16. The van der Waals surface area contributed by atoms with E-state index in [9.17, 15) is 84.4 Å². The number of halogens is 9. The van der Waals surface area contributed by atoms with Crippen molar-refractivity contribution in [1.29, 1.82) is 0 Å². The van der Waals surface area contributed by atoms with Crippen LogP contribution in [0.5, 0.6) is 0 Å². The van der Waals surface area contributed by atoms with Crippen LogP contribution in [0.2, 0.25) is 0 Å². The standard InChI is InChI=1S/C67H91F6N9O12.C2HF3O2/c1-34(2)20-47(77-61(88)39(11)76-57(87)29-52(84)48(21-35(3)4)78-63(90)60(38(9)10)80-64(91)59(37(7)8)79-56(86)22-36(5)6)51(83)28-55(85)74-18-14-12-13-15-19-75-62(89)40-16-17-41(65(92)93)42(23-40)58-43-24-45(68)49(81-30-66(70,71)31-81)26-53(43)94-54-27-50(46(69)25-44(54)58)82-32-67(72,73)33-82;3-2(4,5)1(6)7/h16-17,23-27,34-39,47-48,51-52,59-60,83-84H,12-15,18-22,28-33H2,1-11H3,(H7-,74,75,76,77,78,79,80,85,86,87,88,89,90,91,92,93);(H,6,7)/t39-,47-,48-,51-,52-,59-,60-;/m0./s1. The number of aromatic carboxylic acids is 1. The third-order valence-electron chi connectivity index (χ3n) is 16.7. The van der Waals surface area contributed by atoms with Crippen LogP contribution in [-0.4, -0.2) is 168 Å². The number of rotatable bonds is 33. The lowest BCUT2D eigenvalue weighted by atomic mass is 9.89.